The number of fused-ring (bicyclic) bond motifs is 5. The average molecular weight is 732 g/mol. The zero-order chi connectivity index (χ0) is 38.7. The van der Waals surface area contributed by atoms with Crippen molar-refractivity contribution in [3.8, 4) is 22.3 Å². The molecule has 0 aliphatic heterocycles. The van der Waals surface area contributed by atoms with Gasteiger partial charge in [-0.1, -0.05) is 198 Å². The fraction of sp³-hybridized carbons (Fsp3) is 0.107. The summed E-state index contributed by atoms with van der Waals surface area (Å²) in [5.74, 6) is 0. The summed E-state index contributed by atoms with van der Waals surface area (Å²) in [5.41, 5.74) is 21.0. The van der Waals surface area contributed by atoms with Crippen LogP contribution in [0.4, 0.5) is 17.1 Å². The highest BCUT2D eigenvalue weighted by Crippen LogP contribution is 2.54. The monoisotopic (exact) mass is 731 g/mol. The Morgan fingerprint density at radius 1 is 0.351 bits per heavy atom. The second-order valence-corrected chi connectivity index (χ2v) is 16.5. The molecule has 0 heterocycles. The van der Waals surface area contributed by atoms with Crippen molar-refractivity contribution in [1.29, 1.82) is 0 Å². The van der Waals surface area contributed by atoms with Crippen LogP contribution in [-0.2, 0) is 10.8 Å². The molecule has 10 rings (SSSR count). The van der Waals surface area contributed by atoms with Gasteiger partial charge < -0.3 is 4.90 Å². The molecule has 0 unspecified atom stereocenters. The Bertz CT molecular complexity index is 2780. The summed E-state index contributed by atoms with van der Waals surface area (Å²) in [6, 6.07) is 73.8. The van der Waals surface area contributed by atoms with Crippen molar-refractivity contribution in [2.24, 2.45) is 0 Å². The zero-order valence-electron chi connectivity index (χ0n) is 33.0. The standard InChI is InChI=1S/C56H45N/c1-55(2)48-29-17-14-27-44(48)45-34-32-41(36-50(45)55)57(52-31-19-16-26-43(52)38-20-8-5-9-21-38)42-33-35-47-51(37-42)56(3,4)49-30-18-15-28-46(49)54(47)53(39-22-10-6-11-23-39)40-24-12-7-13-25-40/h5-37H,1-4H3. The van der Waals surface area contributed by atoms with E-state index in [2.05, 4.69) is 233 Å². The van der Waals surface area contributed by atoms with Crippen LogP contribution in [0.15, 0.2) is 200 Å². The summed E-state index contributed by atoms with van der Waals surface area (Å²) in [6.45, 7) is 9.53. The van der Waals surface area contributed by atoms with Gasteiger partial charge in [0.1, 0.15) is 0 Å². The zero-order valence-corrected chi connectivity index (χ0v) is 33.0. The number of rotatable bonds is 6. The van der Waals surface area contributed by atoms with Gasteiger partial charge in [-0.05, 0) is 103 Å². The molecule has 0 atom stereocenters. The number of hydrogen-bond acceptors (Lipinski definition) is 1. The highest BCUT2D eigenvalue weighted by Gasteiger charge is 2.38. The smallest absolute Gasteiger partial charge is 0.0540 e. The highest BCUT2D eigenvalue weighted by atomic mass is 15.1. The van der Waals surface area contributed by atoms with Crippen LogP contribution >= 0.6 is 0 Å². The molecule has 8 aromatic rings. The molecule has 0 amide bonds. The van der Waals surface area contributed by atoms with Crippen LogP contribution in [-0.4, -0.2) is 0 Å². The van der Waals surface area contributed by atoms with Crippen LogP contribution in [0.5, 0.6) is 0 Å². The first-order chi connectivity index (χ1) is 27.8. The van der Waals surface area contributed by atoms with Gasteiger partial charge in [0, 0.05) is 27.8 Å². The molecule has 2 aliphatic carbocycles. The second-order valence-electron chi connectivity index (χ2n) is 16.5. The average Bonchev–Trinajstić information content (AvgIpc) is 3.49. The minimum absolute atomic E-state index is 0.126. The van der Waals surface area contributed by atoms with Crippen molar-refractivity contribution in [3.05, 3.63) is 245 Å². The number of para-hydroxylation sites is 1. The van der Waals surface area contributed by atoms with E-state index in [9.17, 15) is 0 Å². The van der Waals surface area contributed by atoms with Crippen molar-refractivity contribution < 1.29 is 0 Å². The number of nitrogens with zero attached hydrogens (tertiary/aromatic N) is 1. The van der Waals surface area contributed by atoms with Gasteiger partial charge in [-0.15, -0.1) is 0 Å². The normalized spacial score (nSPS) is 14.2. The van der Waals surface area contributed by atoms with Crippen molar-refractivity contribution in [2.75, 3.05) is 4.90 Å². The third-order valence-electron chi connectivity index (χ3n) is 12.5. The molecular formula is C56H45N. The fourth-order valence-electron chi connectivity index (χ4n) is 9.67. The van der Waals surface area contributed by atoms with Crippen molar-refractivity contribution in [2.45, 2.75) is 38.5 Å². The lowest BCUT2D eigenvalue weighted by Gasteiger charge is -2.39. The number of anilines is 3. The van der Waals surface area contributed by atoms with E-state index < -0.39 is 0 Å². The van der Waals surface area contributed by atoms with Gasteiger partial charge >= 0.3 is 0 Å². The van der Waals surface area contributed by atoms with Crippen LogP contribution < -0.4 is 4.90 Å². The Morgan fingerprint density at radius 3 is 1.35 bits per heavy atom. The van der Waals surface area contributed by atoms with Gasteiger partial charge in [-0.3, -0.25) is 0 Å². The third-order valence-corrected chi connectivity index (χ3v) is 12.5. The van der Waals surface area contributed by atoms with Crippen LogP contribution in [0, 0.1) is 0 Å². The predicted octanol–water partition coefficient (Wildman–Crippen LogP) is 14.8. The SMILES string of the molecule is CC1(C)c2ccccc2C(=C(c2ccccc2)c2ccccc2)c2ccc(N(c3ccc4c(c3)C(C)(C)c3ccccc3-4)c3ccccc3-c3ccccc3)cc21. The Hall–Kier alpha value is -6.70. The summed E-state index contributed by atoms with van der Waals surface area (Å²) >= 11 is 0. The van der Waals surface area contributed by atoms with Gasteiger partial charge in [0.05, 0.1) is 5.69 Å². The highest BCUT2D eigenvalue weighted by molar-refractivity contribution is 6.07. The first-order valence-corrected chi connectivity index (χ1v) is 20.1. The quantitative estimate of drug-likeness (QED) is 0.165. The summed E-state index contributed by atoms with van der Waals surface area (Å²) in [5, 5.41) is 0. The maximum Gasteiger partial charge on any atom is 0.0540 e. The molecule has 0 fully saturated rings. The van der Waals surface area contributed by atoms with E-state index in [1.165, 1.54) is 77.9 Å². The van der Waals surface area contributed by atoms with E-state index in [1.807, 2.05) is 0 Å². The van der Waals surface area contributed by atoms with Crippen LogP contribution in [0.3, 0.4) is 0 Å². The maximum absolute atomic E-state index is 2.50. The largest absolute Gasteiger partial charge is 0.310 e. The molecule has 0 radical (unpaired) electrons. The van der Waals surface area contributed by atoms with Crippen LogP contribution in [0.1, 0.15) is 72.2 Å². The molecule has 57 heavy (non-hydrogen) atoms. The lowest BCUT2D eigenvalue weighted by Crippen LogP contribution is -2.27. The van der Waals surface area contributed by atoms with E-state index in [1.54, 1.807) is 0 Å². The molecule has 1 nitrogen and oxygen atoms in total. The maximum atomic E-state index is 2.50. The van der Waals surface area contributed by atoms with Gasteiger partial charge in [0.25, 0.3) is 0 Å². The van der Waals surface area contributed by atoms with E-state index in [0.717, 1.165) is 17.1 Å². The second kappa shape index (κ2) is 13.5. The first kappa shape index (κ1) is 34.8. The molecule has 0 aromatic heterocycles. The van der Waals surface area contributed by atoms with E-state index in [0.29, 0.717) is 0 Å². The minimum Gasteiger partial charge on any atom is -0.310 e. The molecule has 8 aromatic carbocycles. The molecule has 0 saturated carbocycles. The lowest BCUT2D eigenvalue weighted by atomic mass is 9.65. The summed E-state index contributed by atoms with van der Waals surface area (Å²) < 4.78 is 0. The Balaban J connectivity index is 1.25. The van der Waals surface area contributed by atoms with Crippen molar-refractivity contribution >= 4 is 28.2 Å². The van der Waals surface area contributed by atoms with Gasteiger partial charge in [0.2, 0.25) is 0 Å². The molecule has 274 valence electrons. The van der Waals surface area contributed by atoms with Crippen LogP contribution in [0.2, 0.25) is 0 Å². The van der Waals surface area contributed by atoms with Crippen molar-refractivity contribution in [1.82, 2.24) is 0 Å². The molecule has 0 saturated heterocycles. The van der Waals surface area contributed by atoms with Crippen molar-refractivity contribution in [3.63, 3.8) is 0 Å². The first-order valence-electron chi connectivity index (χ1n) is 20.1. The third kappa shape index (κ3) is 5.60. The molecule has 0 bridgehead atoms. The molecule has 2 aliphatic rings. The summed E-state index contributed by atoms with van der Waals surface area (Å²) in [4.78, 5) is 2.50. The predicted molar refractivity (Wildman–Crippen MR) is 241 cm³/mol. The Morgan fingerprint density at radius 2 is 0.754 bits per heavy atom. The summed E-state index contributed by atoms with van der Waals surface area (Å²) in [6.07, 6.45) is 0. The van der Waals surface area contributed by atoms with Crippen LogP contribution in [0.25, 0.3) is 33.4 Å². The fourth-order valence-corrected chi connectivity index (χ4v) is 9.67. The number of benzene rings is 8. The molecule has 0 N–H and O–H groups in total. The van der Waals surface area contributed by atoms with E-state index in [4.69, 9.17) is 0 Å². The van der Waals surface area contributed by atoms with Gasteiger partial charge in [-0.2, -0.15) is 0 Å². The van der Waals surface area contributed by atoms with E-state index >= 15 is 0 Å². The van der Waals surface area contributed by atoms with Gasteiger partial charge in [0.15, 0.2) is 0 Å². The Kier molecular flexibility index (Phi) is 8.23. The molecule has 0 spiro atoms. The van der Waals surface area contributed by atoms with E-state index in [-0.39, 0.29) is 10.8 Å². The molecular weight excluding hydrogens is 687 g/mol. The Labute approximate surface area is 337 Å². The van der Waals surface area contributed by atoms with Gasteiger partial charge in [-0.25, -0.2) is 0 Å². The topological polar surface area (TPSA) is 3.24 Å². The lowest BCUT2D eigenvalue weighted by molar-refractivity contribution is 0.630. The molecule has 1 heteroatoms. The summed E-state index contributed by atoms with van der Waals surface area (Å²) in [7, 11) is 0. The number of hydrogen-bond donors (Lipinski definition) is 0. The minimum atomic E-state index is -0.268.